The molecule has 5 heteroatoms. The second kappa shape index (κ2) is 4.94. The van der Waals surface area contributed by atoms with Gasteiger partial charge >= 0.3 is 0 Å². The molecule has 0 spiro atoms. The summed E-state index contributed by atoms with van der Waals surface area (Å²) in [4.78, 5) is 14.3. The SMILES string of the molecule is CN(C(=O)c1nn(C)c2ccccc12)c1ccccc1N. The molecule has 5 nitrogen and oxygen atoms in total. The number of hydrogen-bond acceptors (Lipinski definition) is 3. The quantitative estimate of drug-likeness (QED) is 0.733. The van der Waals surface area contributed by atoms with Crippen molar-refractivity contribution in [3.8, 4) is 0 Å². The lowest BCUT2D eigenvalue weighted by molar-refractivity contribution is 0.0989. The van der Waals surface area contributed by atoms with Gasteiger partial charge in [-0.05, 0) is 18.2 Å². The first-order valence-corrected chi connectivity index (χ1v) is 6.64. The Morgan fingerprint density at radius 2 is 1.81 bits per heavy atom. The van der Waals surface area contributed by atoms with Gasteiger partial charge in [-0.3, -0.25) is 9.48 Å². The van der Waals surface area contributed by atoms with Gasteiger partial charge in [-0.1, -0.05) is 30.3 Å². The van der Waals surface area contributed by atoms with E-state index in [2.05, 4.69) is 5.10 Å². The van der Waals surface area contributed by atoms with E-state index in [0.29, 0.717) is 17.1 Å². The maximum atomic E-state index is 12.7. The van der Waals surface area contributed by atoms with Gasteiger partial charge in [0.1, 0.15) is 0 Å². The van der Waals surface area contributed by atoms with Gasteiger partial charge in [-0.15, -0.1) is 0 Å². The molecular weight excluding hydrogens is 264 g/mol. The molecule has 0 bridgehead atoms. The number of benzene rings is 2. The average Bonchev–Trinajstić information content (AvgIpc) is 2.84. The Kier molecular flexibility index (Phi) is 3.10. The summed E-state index contributed by atoms with van der Waals surface area (Å²) < 4.78 is 1.71. The number of para-hydroxylation sites is 3. The van der Waals surface area contributed by atoms with Crippen molar-refractivity contribution >= 4 is 28.2 Å². The molecule has 1 aromatic heterocycles. The van der Waals surface area contributed by atoms with Crippen molar-refractivity contribution in [1.82, 2.24) is 9.78 Å². The minimum absolute atomic E-state index is 0.176. The van der Waals surface area contributed by atoms with Gasteiger partial charge in [0, 0.05) is 19.5 Å². The Labute approximate surface area is 122 Å². The van der Waals surface area contributed by atoms with Crippen molar-refractivity contribution < 1.29 is 4.79 Å². The summed E-state index contributed by atoms with van der Waals surface area (Å²) in [5.41, 5.74) is 8.53. The van der Waals surface area contributed by atoms with Crippen LogP contribution in [0.15, 0.2) is 48.5 Å². The first-order chi connectivity index (χ1) is 10.1. The summed E-state index contributed by atoms with van der Waals surface area (Å²) in [5, 5.41) is 5.19. The van der Waals surface area contributed by atoms with Crippen molar-refractivity contribution in [1.29, 1.82) is 0 Å². The van der Waals surface area contributed by atoms with E-state index < -0.39 is 0 Å². The zero-order valence-corrected chi connectivity index (χ0v) is 11.9. The zero-order chi connectivity index (χ0) is 15.0. The van der Waals surface area contributed by atoms with E-state index in [4.69, 9.17) is 5.73 Å². The summed E-state index contributed by atoms with van der Waals surface area (Å²) in [6.07, 6.45) is 0. The number of nitrogens with two attached hydrogens (primary N) is 1. The third-order valence-electron chi connectivity index (χ3n) is 3.56. The van der Waals surface area contributed by atoms with Gasteiger partial charge < -0.3 is 10.6 Å². The first-order valence-electron chi connectivity index (χ1n) is 6.64. The number of fused-ring (bicyclic) bond motifs is 1. The van der Waals surface area contributed by atoms with Crippen LogP contribution in [0.4, 0.5) is 11.4 Å². The van der Waals surface area contributed by atoms with Gasteiger partial charge in [0.05, 0.1) is 16.9 Å². The van der Waals surface area contributed by atoms with Crippen molar-refractivity contribution in [2.24, 2.45) is 7.05 Å². The molecule has 2 N–H and O–H groups in total. The highest BCUT2D eigenvalue weighted by atomic mass is 16.2. The van der Waals surface area contributed by atoms with Crippen LogP contribution in [-0.4, -0.2) is 22.7 Å². The van der Waals surface area contributed by atoms with Crippen LogP contribution in [0.2, 0.25) is 0 Å². The number of rotatable bonds is 2. The number of amides is 1. The summed E-state index contributed by atoms with van der Waals surface area (Å²) in [5.74, 6) is -0.176. The van der Waals surface area contributed by atoms with Crippen LogP contribution in [0.1, 0.15) is 10.5 Å². The number of nitrogen functional groups attached to an aromatic ring is 1. The van der Waals surface area contributed by atoms with E-state index in [1.807, 2.05) is 49.5 Å². The van der Waals surface area contributed by atoms with Crippen LogP contribution in [0, 0.1) is 0 Å². The molecule has 2 aromatic carbocycles. The van der Waals surface area contributed by atoms with Crippen molar-refractivity contribution in [2.45, 2.75) is 0 Å². The van der Waals surface area contributed by atoms with Crippen LogP contribution >= 0.6 is 0 Å². The number of anilines is 2. The van der Waals surface area contributed by atoms with Crippen molar-refractivity contribution in [3.63, 3.8) is 0 Å². The molecule has 0 aliphatic heterocycles. The molecule has 0 saturated carbocycles. The summed E-state index contributed by atoms with van der Waals surface area (Å²) in [6.45, 7) is 0. The zero-order valence-electron chi connectivity index (χ0n) is 11.9. The highest BCUT2D eigenvalue weighted by Crippen LogP contribution is 2.25. The van der Waals surface area contributed by atoms with E-state index in [0.717, 1.165) is 10.9 Å². The predicted octanol–water partition coefficient (Wildman–Crippen LogP) is 2.43. The van der Waals surface area contributed by atoms with E-state index in [9.17, 15) is 4.79 Å². The Morgan fingerprint density at radius 3 is 2.57 bits per heavy atom. The van der Waals surface area contributed by atoms with E-state index in [1.165, 1.54) is 4.90 Å². The Morgan fingerprint density at radius 1 is 1.14 bits per heavy atom. The lowest BCUT2D eigenvalue weighted by Crippen LogP contribution is -2.27. The maximum Gasteiger partial charge on any atom is 0.279 e. The normalized spacial score (nSPS) is 10.8. The molecule has 0 unspecified atom stereocenters. The molecule has 1 amide bonds. The van der Waals surface area contributed by atoms with Gasteiger partial charge in [0.2, 0.25) is 0 Å². The molecule has 0 saturated heterocycles. The smallest absolute Gasteiger partial charge is 0.279 e. The number of nitrogens with zero attached hydrogens (tertiary/aromatic N) is 3. The molecule has 21 heavy (non-hydrogen) atoms. The minimum atomic E-state index is -0.176. The highest BCUT2D eigenvalue weighted by molar-refractivity contribution is 6.13. The third-order valence-corrected chi connectivity index (χ3v) is 3.56. The molecular formula is C16H16N4O. The summed E-state index contributed by atoms with van der Waals surface area (Å²) in [7, 11) is 3.54. The summed E-state index contributed by atoms with van der Waals surface area (Å²) >= 11 is 0. The minimum Gasteiger partial charge on any atom is -0.397 e. The molecule has 0 fully saturated rings. The number of carbonyl (C=O) groups excluding carboxylic acids is 1. The van der Waals surface area contributed by atoms with Crippen LogP contribution in [0.3, 0.4) is 0 Å². The number of aryl methyl sites for hydroxylation is 1. The topological polar surface area (TPSA) is 64.2 Å². The average molecular weight is 280 g/mol. The van der Waals surface area contributed by atoms with Crippen LogP contribution < -0.4 is 10.6 Å². The molecule has 0 radical (unpaired) electrons. The lowest BCUT2D eigenvalue weighted by Gasteiger charge is -2.18. The van der Waals surface area contributed by atoms with E-state index >= 15 is 0 Å². The molecule has 0 atom stereocenters. The lowest BCUT2D eigenvalue weighted by atomic mass is 10.2. The molecule has 3 aromatic rings. The van der Waals surface area contributed by atoms with Crippen LogP contribution in [0.5, 0.6) is 0 Å². The largest absolute Gasteiger partial charge is 0.397 e. The summed E-state index contributed by atoms with van der Waals surface area (Å²) in [6, 6.07) is 15.0. The third kappa shape index (κ3) is 2.12. The molecule has 0 aliphatic rings. The fraction of sp³-hybridized carbons (Fsp3) is 0.125. The van der Waals surface area contributed by atoms with Gasteiger partial charge in [0.15, 0.2) is 5.69 Å². The number of carbonyl (C=O) groups is 1. The molecule has 0 aliphatic carbocycles. The fourth-order valence-corrected chi connectivity index (χ4v) is 2.43. The van der Waals surface area contributed by atoms with Gasteiger partial charge in [-0.2, -0.15) is 5.10 Å². The highest BCUT2D eigenvalue weighted by Gasteiger charge is 2.21. The molecule has 106 valence electrons. The predicted molar refractivity (Wildman–Crippen MR) is 84.3 cm³/mol. The second-order valence-electron chi connectivity index (χ2n) is 4.91. The van der Waals surface area contributed by atoms with E-state index in [1.54, 1.807) is 17.8 Å². The Bertz CT molecular complexity index is 822. The first kappa shape index (κ1) is 13.2. The Hall–Kier alpha value is -2.82. The van der Waals surface area contributed by atoms with Crippen LogP contribution in [-0.2, 0) is 7.05 Å². The van der Waals surface area contributed by atoms with Gasteiger partial charge in [-0.25, -0.2) is 0 Å². The second-order valence-corrected chi connectivity index (χ2v) is 4.91. The maximum absolute atomic E-state index is 12.7. The van der Waals surface area contributed by atoms with Gasteiger partial charge in [0.25, 0.3) is 5.91 Å². The Balaban J connectivity index is 2.07. The standard InChI is InChI=1S/C16H16N4O/c1-19(14-10-6-4-8-12(14)17)16(21)15-11-7-3-5-9-13(11)20(2)18-15/h3-10H,17H2,1-2H3. The number of hydrogen-bond donors (Lipinski definition) is 1. The van der Waals surface area contributed by atoms with E-state index in [-0.39, 0.29) is 5.91 Å². The van der Waals surface area contributed by atoms with Crippen molar-refractivity contribution in [2.75, 3.05) is 17.7 Å². The fourth-order valence-electron chi connectivity index (χ4n) is 2.43. The van der Waals surface area contributed by atoms with Crippen molar-refractivity contribution in [3.05, 3.63) is 54.2 Å². The number of aromatic nitrogens is 2. The van der Waals surface area contributed by atoms with Crippen LogP contribution in [0.25, 0.3) is 10.9 Å². The monoisotopic (exact) mass is 280 g/mol. The molecule has 1 heterocycles. The molecule has 3 rings (SSSR count).